The number of benzene rings is 2. The summed E-state index contributed by atoms with van der Waals surface area (Å²) in [4.78, 5) is 38.6. The second-order valence-corrected chi connectivity index (χ2v) is 8.73. The third-order valence-electron chi connectivity index (χ3n) is 4.78. The van der Waals surface area contributed by atoms with Crippen molar-refractivity contribution < 1.29 is 28.2 Å². The SMILES string of the molecule is O=C(CCCN1C(=O)C(=Cc2ccc3c(c2)OCO3)SC1=S)NNC(=O)c1ccc(F)cc1. The van der Waals surface area contributed by atoms with Crippen LogP contribution in [-0.4, -0.2) is 40.3 Å². The van der Waals surface area contributed by atoms with Crippen LogP contribution in [0.2, 0.25) is 0 Å². The Balaban J connectivity index is 1.25. The smallest absolute Gasteiger partial charge is 0.269 e. The van der Waals surface area contributed by atoms with Crippen molar-refractivity contribution in [3.05, 3.63) is 64.3 Å². The predicted octanol–water partition coefficient (Wildman–Crippen LogP) is 3.00. The van der Waals surface area contributed by atoms with Gasteiger partial charge >= 0.3 is 0 Å². The molecule has 0 atom stereocenters. The van der Waals surface area contributed by atoms with Crippen LogP contribution >= 0.6 is 24.0 Å². The molecule has 4 rings (SSSR count). The first-order chi connectivity index (χ1) is 15.9. The maximum atomic E-state index is 12.9. The van der Waals surface area contributed by atoms with E-state index in [2.05, 4.69) is 10.9 Å². The minimum absolute atomic E-state index is 0.0714. The van der Waals surface area contributed by atoms with Crippen molar-refractivity contribution in [3.8, 4) is 11.5 Å². The van der Waals surface area contributed by atoms with Gasteiger partial charge in [-0.15, -0.1) is 0 Å². The van der Waals surface area contributed by atoms with E-state index in [1.807, 2.05) is 6.07 Å². The Kier molecular flexibility index (Phi) is 6.90. The molecule has 33 heavy (non-hydrogen) atoms. The van der Waals surface area contributed by atoms with Crippen LogP contribution < -0.4 is 20.3 Å². The van der Waals surface area contributed by atoms with E-state index in [1.54, 1.807) is 18.2 Å². The number of thioether (sulfide) groups is 1. The molecule has 0 aliphatic carbocycles. The second-order valence-electron chi connectivity index (χ2n) is 7.06. The Morgan fingerprint density at radius 2 is 1.88 bits per heavy atom. The lowest BCUT2D eigenvalue weighted by molar-refractivity contribution is -0.124. The summed E-state index contributed by atoms with van der Waals surface area (Å²) in [6.07, 6.45) is 2.16. The number of amides is 3. The molecule has 1 fully saturated rings. The Morgan fingerprint density at radius 3 is 2.67 bits per heavy atom. The molecule has 2 heterocycles. The number of ether oxygens (including phenoxy) is 2. The summed E-state index contributed by atoms with van der Waals surface area (Å²) in [5.41, 5.74) is 5.56. The van der Waals surface area contributed by atoms with E-state index in [9.17, 15) is 18.8 Å². The normalized spacial score (nSPS) is 15.8. The second kappa shape index (κ2) is 10.0. The van der Waals surface area contributed by atoms with Gasteiger partial charge in [-0.3, -0.25) is 30.1 Å². The molecule has 3 amide bonds. The molecule has 2 aliphatic heterocycles. The van der Waals surface area contributed by atoms with Gasteiger partial charge in [-0.05, 0) is 54.5 Å². The molecule has 1 saturated heterocycles. The molecule has 2 aromatic rings. The fourth-order valence-electron chi connectivity index (χ4n) is 3.11. The molecule has 0 aromatic heterocycles. The number of carbonyl (C=O) groups excluding carboxylic acids is 3. The zero-order valence-corrected chi connectivity index (χ0v) is 18.8. The van der Waals surface area contributed by atoms with E-state index in [0.717, 1.165) is 17.7 Å². The van der Waals surface area contributed by atoms with E-state index in [0.29, 0.717) is 27.1 Å². The molecule has 2 aromatic carbocycles. The number of carbonyl (C=O) groups is 3. The number of hydrogen-bond acceptors (Lipinski definition) is 7. The first-order valence-corrected chi connectivity index (χ1v) is 11.1. The molecule has 0 spiro atoms. The van der Waals surface area contributed by atoms with E-state index in [4.69, 9.17) is 21.7 Å². The average molecular weight is 488 g/mol. The van der Waals surface area contributed by atoms with Crippen LogP contribution in [-0.2, 0) is 9.59 Å². The van der Waals surface area contributed by atoms with Gasteiger partial charge in [-0.25, -0.2) is 4.39 Å². The van der Waals surface area contributed by atoms with Crippen molar-refractivity contribution in [2.24, 2.45) is 0 Å². The molecule has 0 bridgehead atoms. The number of hydrazine groups is 1. The summed E-state index contributed by atoms with van der Waals surface area (Å²) in [5, 5.41) is 0. The molecular weight excluding hydrogens is 469 g/mol. The van der Waals surface area contributed by atoms with Crippen LogP contribution in [0.15, 0.2) is 47.4 Å². The van der Waals surface area contributed by atoms with Crippen molar-refractivity contribution in [2.45, 2.75) is 12.8 Å². The van der Waals surface area contributed by atoms with Gasteiger partial charge in [0.05, 0.1) is 4.91 Å². The minimum Gasteiger partial charge on any atom is -0.454 e. The Morgan fingerprint density at radius 1 is 1.12 bits per heavy atom. The molecule has 0 saturated carbocycles. The molecule has 0 unspecified atom stereocenters. The summed E-state index contributed by atoms with van der Waals surface area (Å²) in [6, 6.07) is 10.3. The van der Waals surface area contributed by atoms with Crippen molar-refractivity contribution in [1.82, 2.24) is 15.8 Å². The van der Waals surface area contributed by atoms with E-state index in [1.165, 1.54) is 28.8 Å². The quantitative estimate of drug-likeness (QED) is 0.367. The van der Waals surface area contributed by atoms with Crippen molar-refractivity contribution in [1.29, 1.82) is 0 Å². The third kappa shape index (κ3) is 5.49. The fraction of sp³-hybridized carbons (Fsp3) is 0.182. The highest BCUT2D eigenvalue weighted by Gasteiger charge is 2.31. The Hall–Kier alpha value is -3.44. The average Bonchev–Trinajstić information content (AvgIpc) is 3.37. The van der Waals surface area contributed by atoms with Crippen LogP contribution in [0, 0.1) is 5.82 Å². The van der Waals surface area contributed by atoms with Gasteiger partial charge < -0.3 is 9.47 Å². The molecule has 2 aliphatic rings. The Labute approximate surface area is 198 Å². The van der Waals surface area contributed by atoms with Gasteiger partial charge in [0.2, 0.25) is 12.7 Å². The summed E-state index contributed by atoms with van der Waals surface area (Å²) >= 11 is 6.51. The first-order valence-electron chi connectivity index (χ1n) is 9.90. The largest absolute Gasteiger partial charge is 0.454 e. The van der Waals surface area contributed by atoms with E-state index >= 15 is 0 Å². The van der Waals surface area contributed by atoms with Gasteiger partial charge in [-0.2, -0.15) is 0 Å². The fourth-order valence-corrected chi connectivity index (χ4v) is 4.42. The number of thiocarbonyl (C=S) groups is 1. The predicted molar refractivity (Wildman–Crippen MR) is 124 cm³/mol. The summed E-state index contributed by atoms with van der Waals surface area (Å²) in [5.74, 6) is -0.394. The number of nitrogens with one attached hydrogen (secondary N) is 2. The summed E-state index contributed by atoms with van der Waals surface area (Å²) < 4.78 is 24.0. The highest BCUT2D eigenvalue weighted by atomic mass is 32.2. The number of rotatable bonds is 6. The zero-order chi connectivity index (χ0) is 23.4. The maximum Gasteiger partial charge on any atom is 0.269 e. The highest BCUT2D eigenvalue weighted by Crippen LogP contribution is 2.36. The van der Waals surface area contributed by atoms with Crippen molar-refractivity contribution in [2.75, 3.05) is 13.3 Å². The molecule has 170 valence electrons. The molecule has 11 heteroatoms. The Bertz CT molecular complexity index is 1150. The maximum absolute atomic E-state index is 12.9. The summed E-state index contributed by atoms with van der Waals surface area (Å²) in [7, 11) is 0. The van der Waals surface area contributed by atoms with Crippen molar-refractivity contribution in [3.63, 3.8) is 0 Å². The van der Waals surface area contributed by atoms with E-state index in [-0.39, 0.29) is 31.2 Å². The number of halogens is 1. The third-order valence-corrected chi connectivity index (χ3v) is 6.15. The van der Waals surface area contributed by atoms with Gasteiger partial charge in [0.25, 0.3) is 11.8 Å². The molecule has 8 nitrogen and oxygen atoms in total. The topological polar surface area (TPSA) is 97.0 Å². The lowest BCUT2D eigenvalue weighted by Gasteiger charge is -2.14. The van der Waals surface area contributed by atoms with Gasteiger partial charge in [0, 0.05) is 18.5 Å². The van der Waals surface area contributed by atoms with Gasteiger partial charge in [0.15, 0.2) is 11.5 Å². The first kappa shape index (κ1) is 22.7. The lowest BCUT2D eigenvalue weighted by Crippen LogP contribution is -2.41. The van der Waals surface area contributed by atoms with Crippen LogP contribution in [0.3, 0.4) is 0 Å². The number of fused-ring (bicyclic) bond motifs is 1. The highest BCUT2D eigenvalue weighted by molar-refractivity contribution is 8.26. The van der Waals surface area contributed by atoms with Crippen LogP contribution in [0.25, 0.3) is 6.08 Å². The van der Waals surface area contributed by atoms with E-state index < -0.39 is 17.6 Å². The zero-order valence-electron chi connectivity index (χ0n) is 17.1. The number of nitrogens with zero attached hydrogens (tertiary/aromatic N) is 1. The standard InChI is InChI=1S/C22H18FN3O5S2/c23-15-6-4-14(5-7-15)20(28)25-24-19(27)2-1-9-26-21(29)18(33-22(26)32)11-13-3-8-16-17(10-13)31-12-30-16/h3-8,10-11H,1-2,9,12H2,(H,24,27)(H,25,28). The molecule has 2 N–H and O–H groups in total. The van der Waals surface area contributed by atoms with Crippen LogP contribution in [0.4, 0.5) is 4.39 Å². The van der Waals surface area contributed by atoms with Crippen LogP contribution in [0.5, 0.6) is 11.5 Å². The van der Waals surface area contributed by atoms with Gasteiger partial charge in [0.1, 0.15) is 10.1 Å². The monoisotopic (exact) mass is 487 g/mol. The molecular formula is C22H18FN3O5S2. The number of hydrogen-bond donors (Lipinski definition) is 2. The van der Waals surface area contributed by atoms with Crippen molar-refractivity contribution >= 4 is 52.1 Å². The molecule has 0 radical (unpaired) electrons. The van der Waals surface area contributed by atoms with Gasteiger partial charge in [-0.1, -0.05) is 30.0 Å². The van der Waals surface area contributed by atoms with Crippen LogP contribution in [0.1, 0.15) is 28.8 Å². The lowest BCUT2D eigenvalue weighted by atomic mass is 10.2. The summed E-state index contributed by atoms with van der Waals surface area (Å²) in [6.45, 7) is 0.437. The minimum atomic E-state index is -0.561.